The Morgan fingerprint density at radius 3 is 2.29 bits per heavy atom. The van der Waals surface area contributed by atoms with Crippen molar-refractivity contribution in [3.8, 4) is 0 Å². The molecular formula is C3H4Cl2S2. The minimum Gasteiger partial charge on any atom is -0.119 e. The molecule has 1 aliphatic heterocycles. The normalized spacial score (nSPS) is 42.0. The molecule has 0 bridgehead atoms. The molecule has 0 N–H and O–H groups in total. The number of alkyl halides is 2. The molecule has 4 heteroatoms. The molecule has 42 valence electrons. The second kappa shape index (κ2) is 2.72. The lowest BCUT2D eigenvalue weighted by Crippen LogP contribution is -2.04. The van der Waals surface area contributed by atoms with E-state index in [1.807, 2.05) is 0 Å². The van der Waals surface area contributed by atoms with Crippen LogP contribution in [0.1, 0.15) is 0 Å². The van der Waals surface area contributed by atoms with Crippen molar-refractivity contribution in [2.75, 3.05) is 5.75 Å². The number of rotatable bonds is 0. The highest BCUT2D eigenvalue weighted by molar-refractivity contribution is 8.77. The molecule has 0 aromatic carbocycles. The Labute approximate surface area is 60.7 Å². The Kier molecular flexibility index (Phi) is 2.48. The Balaban J connectivity index is 2.33. The Bertz CT molecular complexity index is 60.0. The third kappa shape index (κ3) is 1.60. The molecule has 2 unspecified atom stereocenters. The van der Waals surface area contributed by atoms with Crippen molar-refractivity contribution in [2.45, 2.75) is 10.1 Å². The van der Waals surface area contributed by atoms with Gasteiger partial charge in [-0.2, -0.15) is 0 Å². The van der Waals surface area contributed by atoms with Crippen LogP contribution in [0.15, 0.2) is 0 Å². The maximum Gasteiger partial charge on any atom is 0.106 e. The van der Waals surface area contributed by atoms with Crippen molar-refractivity contribution in [3.05, 3.63) is 0 Å². The number of halogens is 2. The van der Waals surface area contributed by atoms with E-state index in [1.165, 1.54) is 0 Å². The van der Waals surface area contributed by atoms with Gasteiger partial charge in [-0.05, 0) is 0 Å². The predicted octanol–water partition coefficient (Wildman–Crippen LogP) is 2.55. The van der Waals surface area contributed by atoms with Gasteiger partial charge in [-0.1, -0.05) is 21.6 Å². The van der Waals surface area contributed by atoms with Crippen molar-refractivity contribution in [3.63, 3.8) is 0 Å². The molecule has 1 saturated heterocycles. The van der Waals surface area contributed by atoms with Crippen LogP contribution in [0.4, 0.5) is 0 Å². The Morgan fingerprint density at radius 1 is 1.43 bits per heavy atom. The highest BCUT2D eigenvalue weighted by atomic mass is 35.5. The molecule has 7 heavy (non-hydrogen) atoms. The summed E-state index contributed by atoms with van der Waals surface area (Å²) in [6, 6.07) is 0. The summed E-state index contributed by atoms with van der Waals surface area (Å²) >= 11 is 11.4. The molecule has 2 atom stereocenters. The number of hydrogen-bond donors (Lipinski definition) is 0. The summed E-state index contributed by atoms with van der Waals surface area (Å²) < 4.78 is 0.131. The summed E-state index contributed by atoms with van der Waals surface area (Å²) in [5.41, 5.74) is 0. The fourth-order valence-corrected chi connectivity index (χ4v) is 4.05. The largest absolute Gasteiger partial charge is 0.119 e. The van der Waals surface area contributed by atoms with Gasteiger partial charge < -0.3 is 0 Å². The third-order valence-corrected chi connectivity index (χ3v) is 5.01. The highest BCUT2D eigenvalue weighted by Gasteiger charge is 2.23. The van der Waals surface area contributed by atoms with Crippen LogP contribution in [0.25, 0.3) is 0 Å². The van der Waals surface area contributed by atoms with E-state index < -0.39 is 0 Å². The molecule has 1 rings (SSSR count). The standard InChI is InChI=1S/C3H4Cl2S2/c4-2-1-6-7-3(2)5/h2-3H,1H2. The molecule has 0 spiro atoms. The van der Waals surface area contributed by atoms with Gasteiger partial charge in [0.25, 0.3) is 0 Å². The molecule has 1 aliphatic rings. The van der Waals surface area contributed by atoms with Gasteiger partial charge in [0.1, 0.15) is 4.71 Å². The van der Waals surface area contributed by atoms with Crippen LogP contribution in [0.2, 0.25) is 0 Å². The lowest BCUT2D eigenvalue weighted by molar-refractivity contribution is 1.09. The lowest BCUT2D eigenvalue weighted by atomic mass is 10.5. The molecule has 0 aromatic heterocycles. The Hall–Kier alpha value is 1.28. The van der Waals surface area contributed by atoms with E-state index in [1.54, 1.807) is 21.6 Å². The van der Waals surface area contributed by atoms with Crippen LogP contribution < -0.4 is 0 Å². The van der Waals surface area contributed by atoms with Crippen molar-refractivity contribution < 1.29 is 0 Å². The Morgan fingerprint density at radius 2 is 2.14 bits per heavy atom. The lowest BCUT2D eigenvalue weighted by Gasteiger charge is -1.97. The summed E-state index contributed by atoms with van der Waals surface area (Å²) in [7, 11) is 3.40. The zero-order valence-electron chi connectivity index (χ0n) is 3.43. The maximum absolute atomic E-state index is 5.69. The molecule has 0 saturated carbocycles. The van der Waals surface area contributed by atoms with Crippen LogP contribution in [-0.4, -0.2) is 15.8 Å². The highest BCUT2D eigenvalue weighted by Crippen LogP contribution is 2.42. The molecule has 0 radical (unpaired) electrons. The first-order chi connectivity index (χ1) is 3.30. The van der Waals surface area contributed by atoms with E-state index >= 15 is 0 Å². The molecule has 0 amide bonds. The van der Waals surface area contributed by atoms with Crippen LogP contribution >= 0.6 is 44.8 Å². The maximum atomic E-state index is 5.69. The van der Waals surface area contributed by atoms with Crippen LogP contribution in [0, 0.1) is 0 Å². The first-order valence-electron chi connectivity index (χ1n) is 1.87. The zero-order chi connectivity index (χ0) is 5.28. The molecule has 0 nitrogen and oxygen atoms in total. The van der Waals surface area contributed by atoms with Crippen LogP contribution in [0.5, 0.6) is 0 Å². The second-order valence-electron chi connectivity index (χ2n) is 1.25. The summed E-state index contributed by atoms with van der Waals surface area (Å²) in [6.07, 6.45) is 0. The van der Waals surface area contributed by atoms with Crippen molar-refractivity contribution in [2.24, 2.45) is 0 Å². The van der Waals surface area contributed by atoms with Crippen LogP contribution in [0.3, 0.4) is 0 Å². The summed E-state index contributed by atoms with van der Waals surface area (Å²) in [5, 5.41) is 0.177. The zero-order valence-corrected chi connectivity index (χ0v) is 6.58. The van der Waals surface area contributed by atoms with Crippen molar-refractivity contribution in [1.82, 2.24) is 0 Å². The molecular weight excluding hydrogens is 171 g/mol. The minimum absolute atomic E-state index is 0.131. The van der Waals surface area contributed by atoms with E-state index in [0.717, 1.165) is 5.75 Å². The SMILES string of the molecule is ClC1CSSC1Cl. The average Bonchev–Trinajstić information content (AvgIpc) is 1.91. The van der Waals surface area contributed by atoms with Crippen LogP contribution in [-0.2, 0) is 0 Å². The van der Waals surface area contributed by atoms with E-state index in [-0.39, 0.29) is 10.1 Å². The van der Waals surface area contributed by atoms with E-state index in [9.17, 15) is 0 Å². The smallest absolute Gasteiger partial charge is 0.106 e. The summed E-state index contributed by atoms with van der Waals surface area (Å²) in [4.78, 5) is 0. The minimum atomic E-state index is 0.131. The first kappa shape index (κ1) is 6.40. The molecule has 0 aromatic rings. The quantitative estimate of drug-likeness (QED) is 0.410. The van der Waals surface area contributed by atoms with E-state index in [4.69, 9.17) is 23.2 Å². The van der Waals surface area contributed by atoms with Gasteiger partial charge in [-0.25, -0.2) is 0 Å². The fourth-order valence-electron chi connectivity index (χ4n) is 0.305. The second-order valence-corrected chi connectivity index (χ2v) is 5.09. The van der Waals surface area contributed by atoms with Gasteiger partial charge in [0, 0.05) is 5.75 Å². The summed E-state index contributed by atoms with van der Waals surface area (Å²) in [6.45, 7) is 0. The predicted molar refractivity (Wildman–Crippen MR) is 39.3 cm³/mol. The van der Waals surface area contributed by atoms with Crippen molar-refractivity contribution >= 4 is 44.8 Å². The van der Waals surface area contributed by atoms with Gasteiger partial charge in [0.15, 0.2) is 0 Å². The van der Waals surface area contributed by atoms with Gasteiger partial charge in [-0.15, -0.1) is 23.2 Å². The molecule has 1 heterocycles. The first-order valence-corrected chi connectivity index (χ1v) is 5.12. The van der Waals surface area contributed by atoms with Gasteiger partial charge in [-0.3, -0.25) is 0 Å². The molecule has 0 aliphatic carbocycles. The third-order valence-electron chi connectivity index (χ3n) is 0.672. The number of hydrogen-bond acceptors (Lipinski definition) is 2. The molecule has 1 fully saturated rings. The van der Waals surface area contributed by atoms with Crippen molar-refractivity contribution in [1.29, 1.82) is 0 Å². The van der Waals surface area contributed by atoms with E-state index in [0.29, 0.717) is 0 Å². The monoisotopic (exact) mass is 174 g/mol. The topological polar surface area (TPSA) is 0 Å². The summed E-state index contributed by atoms with van der Waals surface area (Å²) in [5.74, 6) is 0.986. The van der Waals surface area contributed by atoms with E-state index in [2.05, 4.69) is 0 Å². The van der Waals surface area contributed by atoms with Gasteiger partial charge >= 0.3 is 0 Å². The van der Waals surface area contributed by atoms with Gasteiger partial charge in [0.05, 0.1) is 5.38 Å². The van der Waals surface area contributed by atoms with Gasteiger partial charge in [0.2, 0.25) is 0 Å². The fraction of sp³-hybridized carbons (Fsp3) is 1.00. The average molecular weight is 175 g/mol.